The Morgan fingerprint density at radius 2 is 2.30 bits per heavy atom. The van der Waals surface area contributed by atoms with Crippen molar-refractivity contribution < 1.29 is 9.53 Å². The maximum absolute atomic E-state index is 10.8. The van der Waals surface area contributed by atoms with E-state index in [1.165, 1.54) is 0 Å². The zero-order valence-corrected chi connectivity index (χ0v) is 7.37. The third-order valence-electron chi connectivity index (χ3n) is 1.03. The molecule has 0 aromatic rings. The first-order valence-corrected chi connectivity index (χ1v) is 4.79. The molecular weight excluding hydrogens is 148 g/mol. The topological polar surface area (TPSA) is 26.3 Å². The molecule has 0 aliphatic heterocycles. The first kappa shape index (κ1) is 9.98. The van der Waals surface area contributed by atoms with Crippen molar-refractivity contribution in [3.63, 3.8) is 0 Å². The van der Waals surface area contributed by atoms with Crippen LogP contribution in [0.4, 0.5) is 0 Å². The van der Waals surface area contributed by atoms with Gasteiger partial charge in [-0.05, 0) is 13.2 Å². The SMILES string of the molecule is CCOCCC(=O)CSC. The van der Waals surface area contributed by atoms with Crippen LogP contribution in [0.2, 0.25) is 0 Å². The lowest BCUT2D eigenvalue weighted by atomic mass is 10.3. The van der Waals surface area contributed by atoms with Gasteiger partial charge in [-0.15, -0.1) is 0 Å². The van der Waals surface area contributed by atoms with Gasteiger partial charge >= 0.3 is 0 Å². The number of ketones is 1. The van der Waals surface area contributed by atoms with Crippen molar-refractivity contribution in [1.29, 1.82) is 0 Å². The quantitative estimate of drug-likeness (QED) is 0.551. The monoisotopic (exact) mass is 162 g/mol. The number of carbonyl (C=O) groups is 1. The van der Waals surface area contributed by atoms with E-state index in [1.54, 1.807) is 11.8 Å². The molecular formula is C7H14O2S. The number of carbonyl (C=O) groups excluding carboxylic acids is 1. The molecule has 0 atom stereocenters. The second kappa shape index (κ2) is 7.09. The molecule has 0 aromatic carbocycles. The molecule has 0 aliphatic rings. The van der Waals surface area contributed by atoms with Gasteiger partial charge in [0.15, 0.2) is 0 Å². The van der Waals surface area contributed by atoms with E-state index < -0.39 is 0 Å². The minimum Gasteiger partial charge on any atom is -0.381 e. The number of rotatable bonds is 6. The number of Topliss-reactive ketones (excluding diaryl/α,β-unsaturated/α-hetero) is 1. The Balaban J connectivity index is 3.05. The molecule has 0 fully saturated rings. The van der Waals surface area contributed by atoms with E-state index in [9.17, 15) is 4.79 Å². The molecule has 0 radical (unpaired) electrons. The summed E-state index contributed by atoms with van der Waals surface area (Å²) in [6.07, 6.45) is 2.49. The van der Waals surface area contributed by atoms with Gasteiger partial charge < -0.3 is 4.74 Å². The Kier molecular flexibility index (Phi) is 7.08. The van der Waals surface area contributed by atoms with Gasteiger partial charge in [-0.3, -0.25) is 4.79 Å². The van der Waals surface area contributed by atoms with Crippen molar-refractivity contribution in [1.82, 2.24) is 0 Å². The van der Waals surface area contributed by atoms with Crippen molar-refractivity contribution >= 4 is 17.5 Å². The van der Waals surface area contributed by atoms with Crippen LogP contribution in [0.15, 0.2) is 0 Å². The fourth-order valence-corrected chi connectivity index (χ4v) is 1.03. The zero-order valence-electron chi connectivity index (χ0n) is 6.55. The molecule has 0 saturated carbocycles. The summed E-state index contributed by atoms with van der Waals surface area (Å²) in [5.74, 6) is 0.897. The van der Waals surface area contributed by atoms with Gasteiger partial charge in [0.25, 0.3) is 0 Å². The summed E-state index contributed by atoms with van der Waals surface area (Å²) in [6.45, 7) is 3.21. The summed E-state index contributed by atoms with van der Waals surface area (Å²) in [4.78, 5) is 10.8. The molecule has 0 spiro atoms. The van der Waals surface area contributed by atoms with Gasteiger partial charge in [0, 0.05) is 13.0 Å². The highest BCUT2D eigenvalue weighted by Gasteiger charge is 1.98. The fourth-order valence-electron chi connectivity index (χ4n) is 0.563. The third-order valence-corrected chi connectivity index (χ3v) is 1.65. The average molecular weight is 162 g/mol. The number of hydrogen-bond donors (Lipinski definition) is 0. The van der Waals surface area contributed by atoms with E-state index in [2.05, 4.69) is 0 Å². The summed E-state index contributed by atoms with van der Waals surface area (Å²) in [6, 6.07) is 0. The lowest BCUT2D eigenvalue weighted by molar-refractivity contribution is -0.117. The third kappa shape index (κ3) is 6.11. The molecule has 0 aliphatic carbocycles. The van der Waals surface area contributed by atoms with E-state index in [-0.39, 0.29) is 5.78 Å². The molecule has 0 rings (SSSR count). The highest BCUT2D eigenvalue weighted by molar-refractivity contribution is 7.99. The van der Waals surface area contributed by atoms with E-state index >= 15 is 0 Å². The Morgan fingerprint density at radius 1 is 1.60 bits per heavy atom. The maximum atomic E-state index is 10.8. The van der Waals surface area contributed by atoms with Gasteiger partial charge in [-0.25, -0.2) is 0 Å². The highest BCUT2D eigenvalue weighted by atomic mass is 32.2. The Labute approximate surface area is 66.3 Å². The van der Waals surface area contributed by atoms with Gasteiger partial charge in [-0.2, -0.15) is 11.8 Å². The van der Waals surface area contributed by atoms with Crippen molar-refractivity contribution in [2.75, 3.05) is 25.2 Å². The van der Waals surface area contributed by atoms with Crippen LogP contribution in [-0.4, -0.2) is 31.0 Å². The normalized spacial score (nSPS) is 9.80. The number of ether oxygens (including phenoxy) is 1. The molecule has 10 heavy (non-hydrogen) atoms. The predicted molar refractivity (Wildman–Crippen MR) is 44.5 cm³/mol. The Bertz CT molecular complexity index is 93.6. The van der Waals surface area contributed by atoms with Gasteiger partial charge in [0.1, 0.15) is 5.78 Å². The lowest BCUT2D eigenvalue weighted by Gasteiger charge is -1.98. The van der Waals surface area contributed by atoms with E-state index in [0.717, 1.165) is 0 Å². The van der Waals surface area contributed by atoms with Crippen LogP contribution in [0.1, 0.15) is 13.3 Å². The molecule has 60 valence electrons. The van der Waals surface area contributed by atoms with E-state index in [4.69, 9.17) is 4.74 Å². The highest BCUT2D eigenvalue weighted by Crippen LogP contribution is 1.95. The summed E-state index contributed by atoms with van der Waals surface area (Å²) < 4.78 is 5.02. The van der Waals surface area contributed by atoms with Gasteiger partial charge in [-0.1, -0.05) is 0 Å². The molecule has 0 bridgehead atoms. The van der Waals surface area contributed by atoms with Crippen LogP contribution >= 0.6 is 11.8 Å². The standard InChI is InChI=1S/C7H14O2S/c1-3-9-5-4-7(8)6-10-2/h3-6H2,1-2H3. The Hall–Kier alpha value is -0.0200. The first-order valence-electron chi connectivity index (χ1n) is 3.39. The van der Waals surface area contributed by atoms with E-state index in [1.807, 2.05) is 13.2 Å². The van der Waals surface area contributed by atoms with Crippen LogP contribution in [-0.2, 0) is 9.53 Å². The maximum Gasteiger partial charge on any atom is 0.145 e. The minimum atomic E-state index is 0.279. The predicted octanol–water partition coefficient (Wildman–Crippen LogP) is 1.35. The van der Waals surface area contributed by atoms with Crippen LogP contribution < -0.4 is 0 Å². The summed E-state index contributed by atoms with van der Waals surface area (Å²) in [7, 11) is 0. The first-order chi connectivity index (χ1) is 4.81. The number of hydrogen-bond acceptors (Lipinski definition) is 3. The van der Waals surface area contributed by atoms with Crippen molar-refractivity contribution in [2.24, 2.45) is 0 Å². The Morgan fingerprint density at radius 3 is 2.80 bits per heavy atom. The van der Waals surface area contributed by atoms with Gasteiger partial charge in [0.05, 0.1) is 12.4 Å². The average Bonchev–Trinajstić information content (AvgIpc) is 1.89. The van der Waals surface area contributed by atoms with Crippen LogP contribution in [0.25, 0.3) is 0 Å². The molecule has 0 aromatic heterocycles. The van der Waals surface area contributed by atoms with E-state index in [0.29, 0.717) is 25.4 Å². The smallest absolute Gasteiger partial charge is 0.145 e. The van der Waals surface area contributed by atoms with Crippen molar-refractivity contribution in [3.8, 4) is 0 Å². The minimum absolute atomic E-state index is 0.279. The molecule has 0 unspecified atom stereocenters. The number of thioether (sulfide) groups is 1. The van der Waals surface area contributed by atoms with Crippen molar-refractivity contribution in [3.05, 3.63) is 0 Å². The lowest BCUT2D eigenvalue weighted by Crippen LogP contribution is -2.05. The molecule has 0 amide bonds. The summed E-state index contributed by atoms with van der Waals surface area (Å²) in [5.41, 5.74) is 0. The summed E-state index contributed by atoms with van der Waals surface area (Å²) in [5, 5.41) is 0. The van der Waals surface area contributed by atoms with Crippen LogP contribution in [0.5, 0.6) is 0 Å². The molecule has 0 N–H and O–H groups in total. The van der Waals surface area contributed by atoms with Crippen molar-refractivity contribution in [2.45, 2.75) is 13.3 Å². The molecule has 2 nitrogen and oxygen atoms in total. The van der Waals surface area contributed by atoms with Crippen LogP contribution in [0, 0.1) is 0 Å². The second-order valence-corrected chi connectivity index (χ2v) is 2.78. The fraction of sp³-hybridized carbons (Fsp3) is 0.857. The zero-order chi connectivity index (χ0) is 7.82. The second-order valence-electron chi connectivity index (χ2n) is 1.92. The summed E-state index contributed by atoms with van der Waals surface area (Å²) >= 11 is 1.56. The largest absolute Gasteiger partial charge is 0.381 e. The molecule has 0 heterocycles. The van der Waals surface area contributed by atoms with Crippen LogP contribution in [0.3, 0.4) is 0 Å². The molecule has 0 saturated heterocycles. The molecule has 3 heteroatoms. The van der Waals surface area contributed by atoms with Gasteiger partial charge in [0.2, 0.25) is 0 Å².